The summed E-state index contributed by atoms with van der Waals surface area (Å²) in [5.41, 5.74) is 0. The highest BCUT2D eigenvalue weighted by molar-refractivity contribution is 14.0. The maximum absolute atomic E-state index is 12.3. The fourth-order valence-corrected chi connectivity index (χ4v) is 3.63. The van der Waals surface area contributed by atoms with Gasteiger partial charge in [0.05, 0.1) is 12.1 Å². The molecular formula is C21H44IN5O2. The molecule has 0 spiro atoms. The molecule has 0 aromatic rings. The quantitative estimate of drug-likeness (QED) is 0.178. The van der Waals surface area contributed by atoms with Gasteiger partial charge in [0.15, 0.2) is 5.96 Å². The maximum atomic E-state index is 12.3. The Morgan fingerprint density at radius 3 is 2.59 bits per heavy atom. The van der Waals surface area contributed by atoms with Crippen molar-refractivity contribution in [2.24, 2.45) is 10.9 Å². The van der Waals surface area contributed by atoms with Crippen LogP contribution in [0.5, 0.6) is 0 Å². The molecule has 172 valence electrons. The summed E-state index contributed by atoms with van der Waals surface area (Å²) in [4.78, 5) is 21.0. The summed E-state index contributed by atoms with van der Waals surface area (Å²) in [6.45, 7) is 13.7. The van der Waals surface area contributed by atoms with Crippen molar-refractivity contribution in [3.8, 4) is 0 Å². The number of carbonyl (C=O) groups is 1. The minimum absolute atomic E-state index is 0. The zero-order valence-corrected chi connectivity index (χ0v) is 21.7. The minimum Gasteiger partial charge on any atom is -0.378 e. The van der Waals surface area contributed by atoms with Gasteiger partial charge in [0, 0.05) is 46.9 Å². The molecule has 2 atom stereocenters. The third kappa shape index (κ3) is 10.8. The second-order valence-electron chi connectivity index (χ2n) is 7.99. The Labute approximate surface area is 195 Å². The van der Waals surface area contributed by atoms with Crippen molar-refractivity contribution >= 4 is 35.8 Å². The molecule has 0 aliphatic carbocycles. The first kappa shape index (κ1) is 28.4. The summed E-state index contributed by atoms with van der Waals surface area (Å²) < 4.78 is 5.81. The Morgan fingerprint density at radius 1 is 1.28 bits per heavy atom. The minimum atomic E-state index is 0. The van der Waals surface area contributed by atoms with Gasteiger partial charge in [-0.25, -0.2) is 0 Å². The molecule has 1 rings (SSSR count). The highest BCUT2D eigenvalue weighted by Crippen LogP contribution is 2.18. The van der Waals surface area contributed by atoms with Crippen LogP contribution < -0.4 is 10.6 Å². The fourth-order valence-electron chi connectivity index (χ4n) is 3.63. The van der Waals surface area contributed by atoms with Crippen molar-refractivity contribution in [3.63, 3.8) is 0 Å². The van der Waals surface area contributed by atoms with Crippen molar-refractivity contribution < 1.29 is 9.53 Å². The normalized spacial score (nSPS) is 18.4. The van der Waals surface area contributed by atoms with Crippen LogP contribution in [0.4, 0.5) is 0 Å². The van der Waals surface area contributed by atoms with Gasteiger partial charge in [0.25, 0.3) is 0 Å². The van der Waals surface area contributed by atoms with Gasteiger partial charge in [-0.05, 0) is 52.0 Å². The van der Waals surface area contributed by atoms with E-state index in [0.29, 0.717) is 5.92 Å². The van der Waals surface area contributed by atoms with Gasteiger partial charge in [-0.2, -0.15) is 0 Å². The number of ether oxygens (including phenoxy) is 1. The van der Waals surface area contributed by atoms with Crippen molar-refractivity contribution in [1.29, 1.82) is 0 Å². The molecule has 29 heavy (non-hydrogen) atoms. The Kier molecular flexibility index (Phi) is 15.8. The molecule has 1 aliphatic rings. The monoisotopic (exact) mass is 525 g/mol. The summed E-state index contributed by atoms with van der Waals surface area (Å²) in [5.74, 6) is 1.61. The number of likely N-dealkylation sites (tertiary alicyclic amines) is 1. The van der Waals surface area contributed by atoms with Gasteiger partial charge in [0.2, 0.25) is 5.91 Å². The SMILES string of the molecule is CCNC(=NCCCN1CCCC1C(=O)N(C)C)NCCC(OCC)C(C)C.I. The van der Waals surface area contributed by atoms with E-state index in [9.17, 15) is 4.79 Å². The second kappa shape index (κ2) is 16.1. The zero-order valence-electron chi connectivity index (χ0n) is 19.4. The number of halogens is 1. The Morgan fingerprint density at radius 2 is 2.00 bits per heavy atom. The van der Waals surface area contributed by atoms with Crippen LogP contribution in [0, 0.1) is 5.92 Å². The standard InChI is InChI=1S/C21H43N5O2.HI/c1-7-22-21(24-14-12-19(17(3)4)28-8-2)23-13-10-16-26-15-9-11-18(26)20(27)25(5)6;/h17-19H,7-16H2,1-6H3,(H2,22,23,24);1H. The van der Waals surface area contributed by atoms with Crippen molar-refractivity contribution in [2.75, 3.05) is 53.4 Å². The van der Waals surface area contributed by atoms with Gasteiger partial charge < -0.3 is 20.3 Å². The molecule has 7 nitrogen and oxygen atoms in total. The first-order valence-electron chi connectivity index (χ1n) is 11.0. The van der Waals surface area contributed by atoms with Gasteiger partial charge in [-0.15, -0.1) is 24.0 Å². The lowest BCUT2D eigenvalue weighted by Gasteiger charge is -2.25. The molecule has 0 aromatic carbocycles. The van der Waals surface area contributed by atoms with E-state index in [1.807, 2.05) is 21.0 Å². The van der Waals surface area contributed by atoms with E-state index in [2.05, 4.69) is 36.3 Å². The summed E-state index contributed by atoms with van der Waals surface area (Å²) in [6, 6.07) is 0.0527. The second-order valence-corrected chi connectivity index (χ2v) is 7.99. The average molecular weight is 526 g/mol. The lowest BCUT2D eigenvalue weighted by Crippen LogP contribution is -2.43. The number of carbonyl (C=O) groups excluding carboxylic acids is 1. The summed E-state index contributed by atoms with van der Waals surface area (Å²) >= 11 is 0. The van der Waals surface area contributed by atoms with E-state index in [-0.39, 0.29) is 42.0 Å². The highest BCUT2D eigenvalue weighted by Gasteiger charge is 2.30. The van der Waals surface area contributed by atoms with Crippen LogP contribution in [0.3, 0.4) is 0 Å². The van der Waals surface area contributed by atoms with Gasteiger partial charge in [-0.1, -0.05) is 13.8 Å². The van der Waals surface area contributed by atoms with Gasteiger partial charge in [-0.3, -0.25) is 14.7 Å². The molecule has 0 saturated carbocycles. The molecule has 1 amide bonds. The van der Waals surface area contributed by atoms with Crippen LogP contribution in [0.2, 0.25) is 0 Å². The molecule has 2 unspecified atom stereocenters. The number of aliphatic imine (C=N–C) groups is 1. The first-order valence-corrected chi connectivity index (χ1v) is 11.0. The molecule has 1 fully saturated rings. The largest absolute Gasteiger partial charge is 0.378 e. The number of hydrogen-bond donors (Lipinski definition) is 2. The van der Waals surface area contributed by atoms with Crippen LogP contribution in [0.25, 0.3) is 0 Å². The number of nitrogens with one attached hydrogen (secondary N) is 2. The van der Waals surface area contributed by atoms with Crippen molar-refractivity contribution in [2.45, 2.75) is 65.5 Å². The van der Waals surface area contributed by atoms with E-state index in [1.54, 1.807) is 4.90 Å². The molecule has 0 aromatic heterocycles. The number of guanidine groups is 1. The Bertz CT molecular complexity index is 474. The summed E-state index contributed by atoms with van der Waals surface area (Å²) in [5, 5.41) is 6.73. The lowest BCUT2D eigenvalue weighted by atomic mass is 10.0. The fraction of sp³-hybridized carbons (Fsp3) is 0.905. The first-order chi connectivity index (χ1) is 13.4. The van der Waals surface area contributed by atoms with Crippen molar-refractivity contribution in [1.82, 2.24) is 20.4 Å². The van der Waals surface area contributed by atoms with E-state index in [0.717, 1.165) is 71.0 Å². The van der Waals surface area contributed by atoms with E-state index in [4.69, 9.17) is 9.73 Å². The number of rotatable bonds is 12. The lowest BCUT2D eigenvalue weighted by molar-refractivity contribution is -0.133. The predicted octanol–water partition coefficient (Wildman–Crippen LogP) is 2.55. The Hall–Kier alpha value is -0.610. The van der Waals surface area contributed by atoms with E-state index in [1.165, 1.54) is 0 Å². The van der Waals surface area contributed by atoms with E-state index < -0.39 is 0 Å². The zero-order chi connectivity index (χ0) is 20.9. The highest BCUT2D eigenvalue weighted by atomic mass is 127. The molecule has 0 bridgehead atoms. The topological polar surface area (TPSA) is 69.2 Å². The van der Waals surface area contributed by atoms with Crippen LogP contribution >= 0.6 is 24.0 Å². The van der Waals surface area contributed by atoms with Crippen LogP contribution in [-0.4, -0.2) is 87.2 Å². The number of nitrogens with zero attached hydrogens (tertiary/aromatic N) is 3. The van der Waals surface area contributed by atoms with Crippen molar-refractivity contribution in [3.05, 3.63) is 0 Å². The third-order valence-electron chi connectivity index (χ3n) is 5.15. The van der Waals surface area contributed by atoms with E-state index >= 15 is 0 Å². The molecule has 1 heterocycles. The maximum Gasteiger partial charge on any atom is 0.239 e. The molecule has 0 radical (unpaired) electrons. The molecule has 1 aliphatic heterocycles. The average Bonchev–Trinajstić information content (AvgIpc) is 3.11. The number of amides is 1. The number of hydrogen-bond acceptors (Lipinski definition) is 4. The molecule has 2 N–H and O–H groups in total. The van der Waals surface area contributed by atoms with Crippen LogP contribution in [0.15, 0.2) is 4.99 Å². The third-order valence-corrected chi connectivity index (χ3v) is 5.15. The van der Waals surface area contributed by atoms with Crippen LogP contribution in [0.1, 0.15) is 53.4 Å². The van der Waals surface area contributed by atoms with Gasteiger partial charge in [0.1, 0.15) is 0 Å². The van der Waals surface area contributed by atoms with Gasteiger partial charge >= 0.3 is 0 Å². The molecule has 8 heteroatoms. The smallest absolute Gasteiger partial charge is 0.239 e. The number of likely N-dealkylation sites (N-methyl/N-ethyl adjacent to an activating group) is 1. The predicted molar refractivity (Wildman–Crippen MR) is 132 cm³/mol. The summed E-state index contributed by atoms with van der Waals surface area (Å²) in [6.07, 6.45) is 4.29. The summed E-state index contributed by atoms with van der Waals surface area (Å²) in [7, 11) is 3.68. The Balaban J connectivity index is 0.00000784. The molecular weight excluding hydrogens is 481 g/mol. The van der Waals surface area contributed by atoms with Crippen LogP contribution in [-0.2, 0) is 9.53 Å². The molecule has 1 saturated heterocycles.